The van der Waals surface area contributed by atoms with Crippen molar-refractivity contribution in [3.63, 3.8) is 0 Å². The van der Waals surface area contributed by atoms with E-state index in [9.17, 15) is 14.4 Å². The first-order chi connectivity index (χ1) is 41.0. The summed E-state index contributed by atoms with van der Waals surface area (Å²) in [6.07, 6.45) is 96.9. The van der Waals surface area contributed by atoms with Crippen molar-refractivity contribution < 1.29 is 28.6 Å². The summed E-state index contributed by atoms with van der Waals surface area (Å²) in [5.74, 6) is -0.908. The van der Waals surface area contributed by atoms with Gasteiger partial charge in [-0.15, -0.1) is 0 Å². The van der Waals surface area contributed by atoms with Crippen LogP contribution >= 0.6 is 0 Å². The molecule has 0 bridgehead atoms. The number of carbonyl (C=O) groups excluding carboxylic acids is 3. The molecule has 0 N–H and O–H groups in total. The van der Waals surface area contributed by atoms with Crippen LogP contribution < -0.4 is 0 Å². The van der Waals surface area contributed by atoms with Gasteiger partial charge in [0, 0.05) is 19.3 Å². The summed E-state index contributed by atoms with van der Waals surface area (Å²) in [6, 6.07) is 0. The predicted octanol–water partition coefficient (Wildman–Crippen LogP) is 24.6. The molecule has 0 rings (SSSR count). The van der Waals surface area contributed by atoms with Crippen molar-refractivity contribution in [2.24, 2.45) is 0 Å². The van der Waals surface area contributed by atoms with Gasteiger partial charge in [-0.3, -0.25) is 14.4 Å². The second-order valence-electron chi connectivity index (χ2n) is 23.4. The molecular weight excluding hydrogens is 1020 g/mol. The highest BCUT2D eigenvalue weighted by Gasteiger charge is 2.19. The molecule has 476 valence electrons. The highest BCUT2D eigenvalue weighted by Crippen LogP contribution is 2.17. The minimum absolute atomic E-state index is 0.0880. The topological polar surface area (TPSA) is 78.9 Å². The number of carbonyl (C=O) groups is 3. The second kappa shape index (κ2) is 70.6. The first kappa shape index (κ1) is 79.1. The summed E-state index contributed by atoms with van der Waals surface area (Å²) in [5.41, 5.74) is 0. The van der Waals surface area contributed by atoms with Crippen LogP contribution in [0.2, 0.25) is 0 Å². The van der Waals surface area contributed by atoms with Gasteiger partial charge in [0.2, 0.25) is 0 Å². The zero-order chi connectivity index (χ0) is 59.9. The number of hydrogen-bond donors (Lipinski definition) is 0. The molecule has 83 heavy (non-hydrogen) atoms. The average Bonchev–Trinajstić information content (AvgIpc) is 3.49. The Morgan fingerprint density at radius 2 is 0.470 bits per heavy atom. The van der Waals surface area contributed by atoms with Crippen molar-refractivity contribution in [2.45, 2.75) is 348 Å². The Labute approximate surface area is 514 Å². The Hall–Kier alpha value is -3.93. The number of hydrogen-bond acceptors (Lipinski definition) is 6. The number of esters is 3. The maximum atomic E-state index is 13.0. The van der Waals surface area contributed by atoms with Crippen LogP contribution in [0.25, 0.3) is 0 Å². The van der Waals surface area contributed by atoms with Crippen LogP contribution in [0, 0.1) is 0 Å². The lowest BCUT2D eigenvalue weighted by atomic mass is 10.0. The standard InChI is InChI=1S/C77H132O6/c1-4-7-10-13-16-19-22-25-27-29-31-33-35-37-38-40-41-43-45-47-49-52-55-58-61-64-67-70-76(79)82-73-74(72-81-75(78)69-66-63-60-57-54-51-24-21-18-15-12-9-6-3)83-77(80)71-68-65-62-59-56-53-50-48-46-44-42-39-36-34-32-30-28-26-23-20-17-14-11-8-5-2/h7,9-10,12,16,18-19,21,25,27,30-33,37-38,51,54,74H,4-6,8,11,13-15,17,20,22-24,26,28-29,34-36,39-50,52-53,55-73H2,1-3H3/b10-7-,12-9-,19-16-,21-18-,27-25-,32-30-,33-31-,38-37-,54-51-. The highest BCUT2D eigenvalue weighted by atomic mass is 16.6. The largest absolute Gasteiger partial charge is 0.462 e. The molecule has 0 aliphatic rings. The molecule has 0 aromatic carbocycles. The molecule has 6 heteroatoms. The quantitative estimate of drug-likeness (QED) is 0.0261. The number of ether oxygens (including phenoxy) is 3. The van der Waals surface area contributed by atoms with Crippen molar-refractivity contribution in [3.8, 4) is 0 Å². The third-order valence-corrected chi connectivity index (χ3v) is 15.2. The van der Waals surface area contributed by atoms with Crippen LogP contribution in [0.3, 0.4) is 0 Å². The van der Waals surface area contributed by atoms with Gasteiger partial charge in [0.05, 0.1) is 0 Å². The van der Waals surface area contributed by atoms with Crippen LogP contribution in [-0.4, -0.2) is 37.2 Å². The Kier molecular flexibility index (Phi) is 67.2. The zero-order valence-corrected chi connectivity index (χ0v) is 54.7. The maximum Gasteiger partial charge on any atom is 0.306 e. The van der Waals surface area contributed by atoms with Crippen molar-refractivity contribution in [1.82, 2.24) is 0 Å². The molecule has 0 spiro atoms. The van der Waals surface area contributed by atoms with E-state index in [1.165, 1.54) is 186 Å². The Balaban J connectivity index is 4.29. The van der Waals surface area contributed by atoms with Gasteiger partial charge >= 0.3 is 17.9 Å². The summed E-state index contributed by atoms with van der Waals surface area (Å²) in [7, 11) is 0. The van der Waals surface area contributed by atoms with Gasteiger partial charge < -0.3 is 14.2 Å². The normalized spacial score (nSPS) is 12.8. The van der Waals surface area contributed by atoms with Crippen molar-refractivity contribution >= 4 is 17.9 Å². The molecule has 0 aromatic rings. The molecule has 0 saturated heterocycles. The Morgan fingerprint density at radius 3 is 0.759 bits per heavy atom. The smallest absolute Gasteiger partial charge is 0.306 e. The molecule has 0 aliphatic heterocycles. The average molecular weight is 1150 g/mol. The monoisotopic (exact) mass is 1150 g/mol. The van der Waals surface area contributed by atoms with Crippen molar-refractivity contribution in [3.05, 3.63) is 109 Å². The SMILES string of the molecule is CC/C=C\C/C=C\C/C=C\C/C=C\C/C=C\CCCCCCCCCCCCCC(=O)OCC(COC(=O)CCCCC/C=C\C/C=C\C/C=C\CC)OC(=O)CCCCCCCCCCCCCCC/C=C\CCCCCCCCCC. The van der Waals surface area contributed by atoms with Gasteiger partial charge in [-0.25, -0.2) is 0 Å². The van der Waals surface area contributed by atoms with E-state index >= 15 is 0 Å². The Bertz CT molecular complexity index is 1660. The summed E-state index contributed by atoms with van der Waals surface area (Å²) >= 11 is 0. The fourth-order valence-corrected chi connectivity index (χ4v) is 10.0. The van der Waals surface area contributed by atoms with Gasteiger partial charge in [0.15, 0.2) is 6.10 Å². The van der Waals surface area contributed by atoms with Gasteiger partial charge in [0.1, 0.15) is 13.2 Å². The van der Waals surface area contributed by atoms with Crippen LogP contribution in [-0.2, 0) is 28.6 Å². The van der Waals surface area contributed by atoms with Crippen LogP contribution in [0.5, 0.6) is 0 Å². The van der Waals surface area contributed by atoms with Crippen LogP contribution in [0.1, 0.15) is 342 Å². The summed E-state index contributed by atoms with van der Waals surface area (Å²) in [5, 5.41) is 0. The predicted molar refractivity (Wildman–Crippen MR) is 362 cm³/mol. The minimum Gasteiger partial charge on any atom is -0.462 e. The molecule has 0 aromatic heterocycles. The minimum atomic E-state index is -0.794. The summed E-state index contributed by atoms with van der Waals surface area (Å²) < 4.78 is 17.0. The van der Waals surface area contributed by atoms with E-state index in [-0.39, 0.29) is 31.1 Å². The lowest BCUT2D eigenvalue weighted by Crippen LogP contribution is -2.30. The second-order valence-corrected chi connectivity index (χ2v) is 23.4. The third-order valence-electron chi connectivity index (χ3n) is 15.2. The molecule has 0 radical (unpaired) electrons. The van der Waals surface area contributed by atoms with E-state index in [1.807, 2.05) is 0 Å². The van der Waals surface area contributed by atoms with Crippen LogP contribution in [0.15, 0.2) is 109 Å². The fourth-order valence-electron chi connectivity index (χ4n) is 10.0. The van der Waals surface area contributed by atoms with E-state index in [0.29, 0.717) is 19.3 Å². The molecule has 0 heterocycles. The molecule has 1 unspecified atom stereocenters. The maximum absolute atomic E-state index is 13.0. The van der Waals surface area contributed by atoms with E-state index in [2.05, 4.69) is 130 Å². The first-order valence-electron chi connectivity index (χ1n) is 35.4. The van der Waals surface area contributed by atoms with Gasteiger partial charge in [-0.2, -0.15) is 0 Å². The van der Waals surface area contributed by atoms with Gasteiger partial charge in [-0.1, -0.05) is 310 Å². The third kappa shape index (κ3) is 68.7. The highest BCUT2D eigenvalue weighted by molar-refractivity contribution is 5.71. The van der Waals surface area contributed by atoms with E-state index in [4.69, 9.17) is 14.2 Å². The van der Waals surface area contributed by atoms with Gasteiger partial charge in [-0.05, 0) is 122 Å². The number of rotatable bonds is 64. The molecule has 0 saturated carbocycles. The molecule has 0 amide bonds. The van der Waals surface area contributed by atoms with Crippen LogP contribution in [0.4, 0.5) is 0 Å². The summed E-state index contributed by atoms with van der Waals surface area (Å²) in [4.78, 5) is 38.4. The lowest BCUT2D eigenvalue weighted by Gasteiger charge is -2.18. The van der Waals surface area contributed by atoms with Gasteiger partial charge in [0.25, 0.3) is 0 Å². The molecule has 1 atom stereocenters. The zero-order valence-electron chi connectivity index (χ0n) is 54.7. The Morgan fingerprint density at radius 1 is 0.253 bits per heavy atom. The summed E-state index contributed by atoms with van der Waals surface area (Å²) in [6.45, 7) is 6.42. The van der Waals surface area contributed by atoms with Crippen molar-refractivity contribution in [2.75, 3.05) is 13.2 Å². The fraction of sp³-hybridized carbons (Fsp3) is 0.727. The molecule has 0 aliphatic carbocycles. The number of allylic oxidation sites excluding steroid dienone is 18. The molecular formula is C77H132O6. The lowest BCUT2D eigenvalue weighted by molar-refractivity contribution is -0.167. The molecule has 6 nitrogen and oxygen atoms in total. The van der Waals surface area contributed by atoms with E-state index in [1.54, 1.807) is 0 Å². The van der Waals surface area contributed by atoms with E-state index < -0.39 is 6.10 Å². The molecule has 0 fully saturated rings. The number of unbranched alkanes of at least 4 members (excludes halogenated alkanes) is 35. The first-order valence-corrected chi connectivity index (χ1v) is 35.4. The van der Waals surface area contributed by atoms with Crippen molar-refractivity contribution in [1.29, 1.82) is 0 Å². The van der Waals surface area contributed by atoms with E-state index in [0.717, 1.165) is 116 Å².